The van der Waals surface area contributed by atoms with Crippen molar-refractivity contribution in [3.05, 3.63) is 0 Å². The van der Waals surface area contributed by atoms with Gasteiger partial charge in [0.25, 0.3) is 0 Å². The Balaban J connectivity index is 0.00000625. The Morgan fingerprint density at radius 2 is 1.73 bits per heavy atom. The van der Waals surface area contributed by atoms with Crippen LogP contribution in [0.2, 0.25) is 0 Å². The molecule has 0 spiro atoms. The summed E-state index contributed by atoms with van der Waals surface area (Å²) in [5.74, 6) is 2.68. The fourth-order valence-corrected chi connectivity index (χ4v) is 4.22. The number of carbonyl (C=O) groups excluding carboxylic acids is 2. The molecule has 5 atom stereocenters. The number of hydrogen-bond donors (Lipinski definition) is 2. The van der Waals surface area contributed by atoms with Gasteiger partial charge in [-0.3, -0.25) is 9.59 Å². The summed E-state index contributed by atoms with van der Waals surface area (Å²) in [7, 11) is 0. The number of rotatable bonds is 9. The highest BCUT2D eigenvalue weighted by atomic mass is 35.5. The molecule has 0 aromatic carbocycles. The number of nitrogens with one attached hydrogen (secondary N) is 1. The number of hydrogen-bond acceptors (Lipinski definition) is 3. The summed E-state index contributed by atoms with van der Waals surface area (Å²) in [6, 6.07) is -0.462. The Kier molecular flexibility index (Phi) is 11.7. The zero-order chi connectivity index (χ0) is 19.1. The zero-order valence-electron chi connectivity index (χ0n) is 17.6. The molecule has 1 amide bonds. The van der Waals surface area contributed by atoms with Gasteiger partial charge in [0.05, 0.1) is 6.04 Å². The van der Waals surface area contributed by atoms with Crippen molar-refractivity contribution in [1.82, 2.24) is 5.32 Å². The van der Waals surface area contributed by atoms with Gasteiger partial charge in [-0.1, -0.05) is 41.0 Å². The summed E-state index contributed by atoms with van der Waals surface area (Å²) in [6.07, 6.45) is 5.63. The molecule has 0 aromatic rings. The second-order valence-electron chi connectivity index (χ2n) is 9.06. The smallest absolute Gasteiger partial charge is 0.236 e. The second kappa shape index (κ2) is 12.0. The van der Waals surface area contributed by atoms with Crippen LogP contribution in [0.3, 0.4) is 0 Å². The third-order valence-corrected chi connectivity index (χ3v) is 5.69. The lowest BCUT2D eigenvalue weighted by Gasteiger charge is -2.36. The molecule has 4 nitrogen and oxygen atoms in total. The van der Waals surface area contributed by atoms with E-state index in [4.69, 9.17) is 5.73 Å². The van der Waals surface area contributed by atoms with Gasteiger partial charge in [-0.25, -0.2) is 0 Å². The highest BCUT2D eigenvalue weighted by Crippen LogP contribution is 2.39. The van der Waals surface area contributed by atoms with Gasteiger partial charge >= 0.3 is 0 Å². The van der Waals surface area contributed by atoms with Gasteiger partial charge in [0.15, 0.2) is 0 Å². The minimum absolute atomic E-state index is 0. The summed E-state index contributed by atoms with van der Waals surface area (Å²) in [6.45, 7) is 12.7. The number of amides is 1. The monoisotopic (exact) mass is 388 g/mol. The molecule has 26 heavy (non-hydrogen) atoms. The van der Waals surface area contributed by atoms with Crippen LogP contribution in [0.5, 0.6) is 0 Å². The molecule has 0 aliphatic heterocycles. The van der Waals surface area contributed by atoms with Crippen LogP contribution in [-0.2, 0) is 9.59 Å². The number of halogens is 1. The highest BCUT2D eigenvalue weighted by Gasteiger charge is 2.35. The SMILES string of the molecule is CC(C)C[C@@H](CCC(=O)[C@@H]1C[C@H](C)CC[C@H]1C(C)C)NC(=O)[C@@H](C)N.Cl. The fourth-order valence-electron chi connectivity index (χ4n) is 4.22. The van der Waals surface area contributed by atoms with Crippen LogP contribution in [0.25, 0.3) is 0 Å². The van der Waals surface area contributed by atoms with Crippen LogP contribution in [0.4, 0.5) is 0 Å². The van der Waals surface area contributed by atoms with Gasteiger partial charge in [0, 0.05) is 18.4 Å². The molecule has 1 saturated carbocycles. The van der Waals surface area contributed by atoms with E-state index in [1.54, 1.807) is 6.92 Å². The summed E-state index contributed by atoms with van der Waals surface area (Å²) in [4.78, 5) is 24.9. The average molecular weight is 389 g/mol. The molecule has 0 unspecified atom stereocenters. The Morgan fingerprint density at radius 1 is 1.12 bits per heavy atom. The Labute approximate surface area is 166 Å². The van der Waals surface area contributed by atoms with Gasteiger partial charge in [-0.15, -0.1) is 12.4 Å². The van der Waals surface area contributed by atoms with Crippen LogP contribution >= 0.6 is 12.4 Å². The Hall–Kier alpha value is -0.610. The average Bonchev–Trinajstić information content (AvgIpc) is 2.51. The predicted octanol–water partition coefficient (Wildman–Crippen LogP) is 4.34. The first kappa shape index (κ1) is 25.4. The van der Waals surface area contributed by atoms with Crippen molar-refractivity contribution in [1.29, 1.82) is 0 Å². The van der Waals surface area contributed by atoms with Crippen molar-refractivity contribution in [3.63, 3.8) is 0 Å². The summed E-state index contributed by atoms with van der Waals surface area (Å²) in [5, 5.41) is 3.03. The van der Waals surface area contributed by atoms with E-state index in [1.165, 1.54) is 12.8 Å². The van der Waals surface area contributed by atoms with Gasteiger partial charge in [0.1, 0.15) is 5.78 Å². The third kappa shape index (κ3) is 8.39. The van der Waals surface area contributed by atoms with Crippen LogP contribution in [0.15, 0.2) is 0 Å². The summed E-state index contributed by atoms with van der Waals surface area (Å²) < 4.78 is 0. The molecule has 5 heteroatoms. The molecule has 3 N–H and O–H groups in total. The van der Waals surface area contributed by atoms with E-state index in [0.29, 0.717) is 35.9 Å². The van der Waals surface area contributed by atoms with Gasteiger partial charge in [-0.05, 0) is 56.3 Å². The van der Waals surface area contributed by atoms with Crippen molar-refractivity contribution in [2.45, 2.75) is 92.2 Å². The minimum atomic E-state index is -0.505. The van der Waals surface area contributed by atoms with E-state index < -0.39 is 6.04 Å². The largest absolute Gasteiger partial charge is 0.352 e. The topological polar surface area (TPSA) is 72.2 Å². The first-order valence-electron chi connectivity index (χ1n) is 10.2. The number of ketones is 1. The van der Waals surface area contributed by atoms with Crippen molar-refractivity contribution in [2.24, 2.45) is 35.3 Å². The molecule has 1 fully saturated rings. The molecule has 0 aromatic heterocycles. The maximum Gasteiger partial charge on any atom is 0.236 e. The van der Waals surface area contributed by atoms with Crippen LogP contribution in [0, 0.1) is 29.6 Å². The molecule has 0 radical (unpaired) electrons. The maximum absolute atomic E-state index is 12.9. The highest BCUT2D eigenvalue weighted by molar-refractivity contribution is 5.85. The molecule has 1 rings (SSSR count). The summed E-state index contributed by atoms with van der Waals surface area (Å²) >= 11 is 0. The summed E-state index contributed by atoms with van der Waals surface area (Å²) in [5.41, 5.74) is 5.68. The molecular weight excluding hydrogens is 348 g/mol. The molecule has 0 heterocycles. The van der Waals surface area contributed by atoms with Crippen LogP contribution in [-0.4, -0.2) is 23.8 Å². The predicted molar refractivity (Wildman–Crippen MR) is 111 cm³/mol. The number of nitrogens with two attached hydrogens (primary N) is 1. The third-order valence-electron chi connectivity index (χ3n) is 5.69. The van der Waals surface area contributed by atoms with Crippen LogP contribution < -0.4 is 11.1 Å². The van der Waals surface area contributed by atoms with Crippen LogP contribution in [0.1, 0.15) is 80.1 Å². The zero-order valence-corrected chi connectivity index (χ0v) is 18.4. The molecule has 1 aliphatic carbocycles. The lowest BCUT2D eigenvalue weighted by molar-refractivity contribution is -0.128. The lowest BCUT2D eigenvalue weighted by Crippen LogP contribution is -2.44. The maximum atomic E-state index is 12.9. The quantitative estimate of drug-likeness (QED) is 0.616. The second-order valence-corrected chi connectivity index (χ2v) is 9.06. The van der Waals surface area contributed by atoms with E-state index in [2.05, 4.69) is 39.9 Å². The molecule has 154 valence electrons. The van der Waals surface area contributed by atoms with Crippen molar-refractivity contribution < 1.29 is 9.59 Å². The first-order chi connectivity index (χ1) is 11.6. The lowest BCUT2D eigenvalue weighted by atomic mass is 9.68. The van der Waals surface area contributed by atoms with E-state index in [-0.39, 0.29) is 30.3 Å². The Morgan fingerprint density at radius 3 is 2.23 bits per heavy atom. The van der Waals surface area contributed by atoms with Crippen molar-refractivity contribution >= 4 is 24.1 Å². The van der Waals surface area contributed by atoms with E-state index >= 15 is 0 Å². The first-order valence-corrected chi connectivity index (χ1v) is 10.2. The normalized spacial score (nSPS) is 25.5. The number of Topliss-reactive ketones (excluding diaryl/α,β-unsaturated/α-hetero) is 1. The molecule has 1 aliphatic rings. The van der Waals surface area contributed by atoms with E-state index in [9.17, 15) is 9.59 Å². The van der Waals surface area contributed by atoms with Crippen molar-refractivity contribution in [2.75, 3.05) is 0 Å². The van der Waals surface area contributed by atoms with Gasteiger partial charge < -0.3 is 11.1 Å². The van der Waals surface area contributed by atoms with E-state index in [1.807, 2.05) is 0 Å². The molecular formula is C21H41ClN2O2. The standard InChI is InChI=1S/C21H40N2O2.ClH/c1-13(2)11-17(23-21(25)16(6)22)8-10-20(24)19-12-15(5)7-9-18(19)14(3)4;/h13-19H,7-12,22H2,1-6H3,(H,23,25);1H/t15-,16-,17-,18+,19-;/m1./s1. The van der Waals surface area contributed by atoms with Gasteiger partial charge in [0.2, 0.25) is 5.91 Å². The fraction of sp³-hybridized carbons (Fsp3) is 0.905. The Bertz CT molecular complexity index is 438. The molecule has 0 saturated heterocycles. The van der Waals surface area contributed by atoms with Crippen molar-refractivity contribution in [3.8, 4) is 0 Å². The van der Waals surface area contributed by atoms with Gasteiger partial charge in [-0.2, -0.15) is 0 Å². The molecule has 0 bridgehead atoms. The van der Waals surface area contributed by atoms with E-state index in [0.717, 1.165) is 19.3 Å². The number of carbonyl (C=O) groups is 2. The minimum Gasteiger partial charge on any atom is -0.352 e.